The normalized spacial score (nSPS) is 10.9. The number of aliphatic carboxylic acids is 1. The van der Waals surface area contributed by atoms with Gasteiger partial charge >= 0.3 is 11.9 Å². The zero-order valence-corrected chi connectivity index (χ0v) is 11.5. The lowest BCUT2D eigenvalue weighted by Gasteiger charge is -2.22. The molecule has 0 fully saturated rings. The molecule has 0 unspecified atom stereocenters. The van der Waals surface area contributed by atoms with Gasteiger partial charge in [-0.15, -0.1) is 0 Å². The highest BCUT2D eigenvalue weighted by Gasteiger charge is 2.20. The Bertz CT molecular complexity index is 485. The molecule has 0 bridgehead atoms. The number of esters is 1. The molecule has 0 saturated carbocycles. The number of carbonyl (C=O) groups is 2. The molecular weight excluding hydrogens is 248 g/mol. The van der Waals surface area contributed by atoms with Crippen LogP contribution in [0.25, 0.3) is 0 Å². The van der Waals surface area contributed by atoms with Crippen molar-refractivity contribution in [1.82, 2.24) is 0 Å². The number of hydrogen-bond acceptors (Lipinski definition) is 4. The van der Waals surface area contributed by atoms with Gasteiger partial charge in [0.15, 0.2) is 6.61 Å². The van der Waals surface area contributed by atoms with E-state index >= 15 is 0 Å². The number of carbonyl (C=O) groups excluding carboxylic acids is 1. The van der Waals surface area contributed by atoms with Gasteiger partial charge in [-0.25, -0.2) is 4.79 Å². The van der Waals surface area contributed by atoms with Gasteiger partial charge in [0.1, 0.15) is 11.5 Å². The minimum Gasteiger partial charge on any atom is -0.482 e. The van der Waals surface area contributed by atoms with Crippen LogP contribution in [0.4, 0.5) is 0 Å². The fourth-order valence-electron chi connectivity index (χ4n) is 1.60. The summed E-state index contributed by atoms with van der Waals surface area (Å²) >= 11 is 0. The number of rotatable bonds is 4. The number of ether oxygens (including phenoxy) is 2. The molecule has 104 valence electrons. The molecule has 0 aliphatic rings. The van der Waals surface area contributed by atoms with E-state index in [1.807, 2.05) is 20.8 Å². The molecule has 0 amide bonds. The first kappa shape index (κ1) is 15.0. The fraction of sp³-hybridized carbons (Fsp3) is 0.429. The molecule has 0 aliphatic heterocycles. The van der Waals surface area contributed by atoms with Crippen molar-refractivity contribution < 1.29 is 24.2 Å². The summed E-state index contributed by atoms with van der Waals surface area (Å²) in [5.74, 6) is -0.746. The van der Waals surface area contributed by atoms with Crippen molar-refractivity contribution in [2.75, 3.05) is 6.61 Å². The van der Waals surface area contributed by atoms with Gasteiger partial charge in [0.25, 0.3) is 0 Å². The predicted molar refractivity (Wildman–Crippen MR) is 69.6 cm³/mol. The minimum atomic E-state index is -1.06. The zero-order valence-electron chi connectivity index (χ0n) is 11.5. The van der Waals surface area contributed by atoms with E-state index in [1.165, 1.54) is 13.0 Å². The number of carboxylic acids is 1. The molecule has 19 heavy (non-hydrogen) atoms. The van der Waals surface area contributed by atoms with Crippen molar-refractivity contribution in [3.05, 3.63) is 23.8 Å². The molecule has 1 N–H and O–H groups in total. The largest absolute Gasteiger partial charge is 0.482 e. The van der Waals surface area contributed by atoms with E-state index in [0.717, 1.165) is 5.56 Å². The molecule has 1 aromatic carbocycles. The smallest absolute Gasteiger partial charge is 0.341 e. The Morgan fingerprint density at radius 2 is 1.89 bits per heavy atom. The first-order valence-corrected chi connectivity index (χ1v) is 5.87. The summed E-state index contributed by atoms with van der Waals surface area (Å²) in [5, 5.41) is 8.56. The van der Waals surface area contributed by atoms with Gasteiger partial charge in [-0.05, 0) is 11.5 Å². The highest BCUT2D eigenvalue weighted by Crippen LogP contribution is 2.34. The molecule has 0 radical (unpaired) electrons. The summed E-state index contributed by atoms with van der Waals surface area (Å²) in [4.78, 5) is 21.6. The lowest BCUT2D eigenvalue weighted by atomic mass is 9.86. The van der Waals surface area contributed by atoms with Crippen LogP contribution in [0.1, 0.15) is 33.3 Å². The minimum absolute atomic E-state index is 0.198. The molecule has 5 heteroatoms. The standard InChI is InChI=1S/C14H18O5/c1-9(15)19-12-7-10(18-8-13(16)17)5-6-11(12)14(2,3)4/h5-7H,8H2,1-4H3,(H,16,17). The van der Waals surface area contributed by atoms with Crippen LogP contribution in [0, 0.1) is 0 Å². The zero-order chi connectivity index (χ0) is 14.6. The molecular formula is C14H18O5. The van der Waals surface area contributed by atoms with E-state index in [4.69, 9.17) is 14.6 Å². The highest BCUT2D eigenvalue weighted by molar-refractivity contribution is 5.70. The molecule has 0 heterocycles. The molecule has 0 aromatic heterocycles. The SMILES string of the molecule is CC(=O)Oc1cc(OCC(=O)O)ccc1C(C)(C)C. The van der Waals surface area contributed by atoms with Gasteiger partial charge in [-0.3, -0.25) is 4.79 Å². The van der Waals surface area contributed by atoms with Gasteiger partial charge in [0, 0.05) is 18.6 Å². The first-order valence-electron chi connectivity index (χ1n) is 5.87. The topological polar surface area (TPSA) is 72.8 Å². The summed E-state index contributed by atoms with van der Waals surface area (Å²) < 4.78 is 10.2. The second kappa shape index (κ2) is 5.73. The Hall–Kier alpha value is -2.04. The van der Waals surface area contributed by atoms with Gasteiger partial charge in [-0.1, -0.05) is 26.8 Å². The Kier molecular flexibility index (Phi) is 4.53. The fourth-order valence-corrected chi connectivity index (χ4v) is 1.60. The monoisotopic (exact) mass is 266 g/mol. The third kappa shape index (κ3) is 4.62. The summed E-state index contributed by atoms with van der Waals surface area (Å²) in [6.45, 7) is 6.86. The molecule has 0 aliphatic carbocycles. The maximum Gasteiger partial charge on any atom is 0.341 e. The quantitative estimate of drug-likeness (QED) is 0.669. The van der Waals surface area contributed by atoms with Gasteiger partial charge in [0.05, 0.1) is 0 Å². The summed E-state index contributed by atoms with van der Waals surface area (Å²) in [6, 6.07) is 4.97. The predicted octanol–water partition coefficient (Wildman–Crippen LogP) is 2.37. The van der Waals surface area contributed by atoms with E-state index in [-0.39, 0.29) is 5.41 Å². The third-order valence-electron chi connectivity index (χ3n) is 2.38. The average Bonchev–Trinajstić information content (AvgIpc) is 2.24. The Morgan fingerprint density at radius 3 is 2.37 bits per heavy atom. The maximum absolute atomic E-state index is 11.1. The van der Waals surface area contributed by atoms with Crippen LogP contribution < -0.4 is 9.47 Å². The second-order valence-corrected chi connectivity index (χ2v) is 5.18. The molecule has 1 aromatic rings. The van der Waals surface area contributed by atoms with Crippen LogP contribution in [-0.2, 0) is 15.0 Å². The van der Waals surface area contributed by atoms with Crippen molar-refractivity contribution in [2.24, 2.45) is 0 Å². The summed E-state index contributed by atoms with van der Waals surface area (Å²) in [6.07, 6.45) is 0. The number of carboxylic acid groups (broad SMARTS) is 1. The Morgan fingerprint density at radius 1 is 1.26 bits per heavy atom. The van der Waals surface area contributed by atoms with Crippen LogP contribution >= 0.6 is 0 Å². The number of benzene rings is 1. The average molecular weight is 266 g/mol. The van der Waals surface area contributed by atoms with Gasteiger partial charge in [0.2, 0.25) is 0 Å². The van der Waals surface area contributed by atoms with Crippen LogP contribution in [-0.4, -0.2) is 23.7 Å². The van der Waals surface area contributed by atoms with Crippen LogP contribution in [0.3, 0.4) is 0 Å². The van der Waals surface area contributed by atoms with E-state index in [9.17, 15) is 9.59 Å². The Balaban J connectivity index is 3.08. The van der Waals surface area contributed by atoms with Crippen LogP contribution in [0.2, 0.25) is 0 Å². The van der Waals surface area contributed by atoms with E-state index in [1.54, 1.807) is 12.1 Å². The van der Waals surface area contributed by atoms with Crippen molar-refractivity contribution >= 4 is 11.9 Å². The lowest BCUT2D eigenvalue weighted by molar-refractivity contribution is -0.139. The molecule has 1 rings (SSSR count). The van der Waals surface area contributed by atoms with Crippen molar-refractivity contribution in [3.8, 4) is 11.5 Å². The second-order valence-electron chi connectivity index (χ2n) is 5.18. The van der Waals surface area contributed by atoms with Gasteiger partial charge in [-0.2, -0.15) is 0 Å². The van der Waals surface area contributed by atoms with Crippen molar-refractivity contribution in [2.45, 2.75) is 33.1 Å². The van der Waals surface area contributed by atoms with E-state index in [2.05, 4.69) is 0 Å². The van der Waals surface area contributed by atoms with Gasteiger partial charge < -0.3 is 14.6 Å². The molecule has 5 nitrogen and oxygen atoms in total. The number of hydrogen-bond donors (Lipinski definition) is 1. The Labute approximate surface area is 112 Å². The van der Waals surface area contributed by atoms with Crippen molar-refractivity contribution in [1.29, 1.82) is 0 Å². The van der Waals surface area contributed by atoms with Crippen LogP contribution in [0.15, 0.2) is 18.2 Å². The molecule has 0 spiro atoms. The highest BCUT2D eigenvalue weighted by atomic mass is 16.5. The van der Waals surface area contributed by atoms with E-state index in [0.29, 0.717) is 11.5 Å². The third-order valence-corrected chi connectivity index (χ3v) is 2.38. The van der Waals surface area contributed by atoms with Crippen LogP contribution in [0.5, 0.6) is 11.5 Å². The molecule has 0 atom stereocenters. The lowest BCUT2D eigenvalue weighted by Crippen LogP contribution is -2.15. The van der Waals surface area contributed by atoms with Crippen molar-refractivity contribution in [3.63, 3.8) is 0 Å². The first-order chi connectivity index (χ1) is 8.70. The maximum atomic E-state index is 11.1. The molecule has 0 saturated heterocycles. The summed E-state index contributed by atoms with van der Waals surface area (Å²) in [5.41, 5.74) is 0.654. The summed E-state index contributed by atoms with van der Waals surface area (Å²) in [7, 11) is 0. The van der Waals surface area contributed by atoms with E-state index < -0.39 is 18.5 Å².